The molecule has 0 radical (unpaired) electrons. The summed E-state index contributed by atoms with van der Waals surface area (Å²) in [6, 6.07) is 19.1. The number of hydrogen-bond acceptors (Lipinski definition) is 4. The monoisotopic (exact) mass is 366 g/mol. The Labute approximate surface area is 162 Å². The number of aryl methyl sites for hydroxylation is 1. The molecule has 1 aliphatic heterocycles. The predicted molar refractivity (Wildman–Crippen MR) is 109 cm³/mol. The molecular formula is C23H30N2O2. The maximum atomic E-state index is 10.5. The standard InChI is InChI=1S/C23H30N2O2/c26-21(18-27-23-12-6-8-19-7-4-5-11-22(19)23)17-24-13-15-25(16-14-24)20-9-2-1-3-10-20/h1-5,7,9-11,21,23,26H,6,8,12-18H2/t21-,23+/m1/s1. The number of para-hydroxylation sites is 1. The van der Waals surface area contributed by atoms with Crippen molar-refractivity contribution in [3.8, 4) is 0 Å². The molecule has 1 heterocycles. The number of hydrogen-bond donors (Lipinski definition) is 1. The molecule has 0 bridgehead atoms. The van der Waals surface area contributed by atoms with Crippen molar-refractivity contribution >= 4 is 5.69 Å². The van der Waals surface area contributed by atoms with Crippen LogP contribution >= 0.6 is 0 Å². The number of aliphatic hydroxyl groups excluding tert-OH is 1. The van der Waals surface area contributed by atoms with E-state index in [-0.39, 0.29) is 6.10 Å². The molecule has 0 saturated carbocycles. The quantitative estimate of drug-likeness (QED) is 0.851. The van der Waals surface area contributed by atoms with Gasteiger partial charge < -0.3 is 14.7 Å². The molecule has 4 nitrogen and oxygen atoms in total. The van der Waals surface area contributed by atoms with E-state index >= 15 is 0 Å². The molecule has 2 atom stereocenters. The summed E-state index contributed by atoms with van der Waals surface area (Å²) in [6.07, 6.45) is 3.07. The minimum absolute atomic E-state index is 0.138. The number of β-amino-alcohol motifs (C(OH)–C–C–N with tert-alkyl or cyclic N) is 1. The normalized spacial score (nSPS) is 21.7. The van der Waals surface area contributed by atoms with Crippen LogP contribution in [0.1, 0.15) is 30.1 Å². The Morgan fingerprint density at radius 1 is 0.963 bits per heavy atom. The molecule has 0 unspecified atom stereocenters. The van der Waals surface area contributed by atoms with Gasteiger partial charge in [0.2, 0.25) is 0 Å². The van der Waals surface area contributed by atoms with Crippen LogP contribution in [0.3, 0.4) is 0 Å². The highest BCUT2D eigenvalue weighted by atomic mass is 16.5. The highest BCUT2D eigenvalue weighted by molar-refractivity contribution is 5.46. The van der Waals surface area contributed by atoms with Crippen LogP contribution in [0.4, 0.5) is 5.69 Å². The number of fused-ring (bicyclic) bond motifs is 1. The van der Waals surface area contributed by atoms with Gasteiger partial charge in [0, 0.05) is 38.4 Å². The Bertz CT molecular complexity index is 713. The van der Waals surface area contributed by atoms with Crippen LogP contribution in [0.2, 0.25) is 0 Å². The number of anilines is 1. The van der Waals surface area contributed by atoms with Crippen molar-refractivity contribution in [3.05, 3.63) is 65.7 Å². The van der Waals surface area contributed by atoms with E-state index in [2.05, 4.69) is 64.4 Å². The summed E-state index contributed by atoms with van der Waals surface area (Å²) < 4.78 is 6.12. The first-order valence-electron chi connectivity index (χ1n) is 10.2. The van der Waals surface area contributed by atoms with Crippen molar-refractivity contribution in [1.82, 2.24) is 4.90 Å². The largest absolute Gasteiger partial charge is 0.389 e. The topological polar surface area (TPSA) is 35.9 Å². The van der Waals surface area contributed by atoms with E-state index < -0.39 is 6.10 Å². The molecule has 1 aliphatic carbocycles. The molecule has 2 aromatic rings. The van der Waals surface area contributed by atoms with Crippen LogP contribution in [-0.2, 0) is 11.2 Å². The summed E-state index contributed by atoms with van der Waals surface area (Å²) in [6.45, 7) is 5.09. The van der Waals surface area contributed by atoms with Gasteiger partial charge in [-0.1, -0.05) is 42.5 Å². The van der Waals surface area contributed by atoms with Gasteiger partial charge in [0.05, 0.1) is 18.8 Å². The lowest BCUT2D eigenvalue weighted by molar-refractivity contribution is -0.0285. The molecule has 1 N–H and O–H groups in total. The van der Waals surface area contributed by atoms with Crippen molar-refractivity contribution < 1.29 is 9.84 Å². The molecule has 0 amide bonds. The van der Waals surface area contributed by atoms with E-state index in [1.807, 2.05) is 0 Å². The van der Waals surface area contributed by atoms with Crippen molar-refractivity contribution in [2.75, 3.05) is 44.2 Å². The third kappa shape index (κ3) is 4.70. The van der Waals surface area contributed by atoms with Crippen LogP contribution in [0, 0.1) is 0 Å². The number of benzene rings is 2. The van der Waals surface area contributed by atoms with E-state index in [0.29, 0.717) is 13.2 Å². The van der Waals surface area contributed by atoms with Gasteiger partial charge in [-0.15, -0.1) is 0 Å². The van der Waals surface area contributed by atoms with Crippen LogP contribution in [0.5, 0.6) is 0 Å². The molecule has 4 rings (SSSR count). The molecular weight excluding hydrogens is 336 g/mol. The van der Waals surface area contributed by atoms with E-state index in [4.69, 9.17) is 4.74 Å². The van der Waals surface area contributed by atoms with E-state index in [9.17, 15) is 5.11 Å². The second-order valence-electron chi connectivity index (χ2n) is 7.69. The first-order chi connectivity index (χ1) is 13.3. The van der Waals surface area contributed by atoms with Gasteiger partial charge in [-0.3, -0.25) is 4.90 Å². The summed E-state index contributed by atoms with van der Waals surface area (Å²) in [4.78, 5) is 4.76. The Balaban J connectivity index is 1.22. The van der Waals surface area contributed by atoms with Crippen LogP contribution < -0.4 is 4.90 Å². The molecule has 2 aromatic carbocycles. The van der Waals surface area contributed by atoms with Crippen molar-refractivity contribution in [2.45, 2.75) is 31.5 Å². The van der Waals surface area contributed by atoms with Gasteiger partial charge in [0.1, 0.15) is 0 Å². The van der Waals surface area contributed by atoms with Crippen LogP contribution in [-0.4, -0.2) is 55.4 Å². The van der Waals surface area contributed by atoms with Crippen molar-refractivity contribution in [2.24, 2.45) is 0 Å². The van der Waals surface area contributed by atoms with Gasteiger partial charge in [-0.2, -0.15) is 0 Å². The van der Waals surface area contributed by atoms with E-state index in [1.54, 1.807) is 0 Å². The SMILES string of the molecule is O[C@@H](CO[C@H]1CCCc2ccccc21)CN1CCN(c2ccccc2)CC1. The highest BCUT2D eigenvalue weighted by Crippen LogP contribution is 2.32. The number of rotatable bonds is 6. The van der Waals surface area contributed by atoms with Crippen LogP contribution in [0.25, 0.3) is 0 Å². The van der Waals surface area contributed by atoms with E-state index in [1.165, 1.54) is 23.2 Å². The lowest BCUT2D eigenvalue weighted by Gasteiger charge is -2.37. The zero-order valence-electron chi connectivity index (χ0n) is 16.0. The van der Waals surface area contributed by atoms with Gasteiger partial charge in [0.15, 0.2) is 0 Å². The van der Waals surface area contributed by atoms with Crippen LogP contribution in [0.15, 0.2) is 54.6 Å². The summed E-state index contributed by atoms with van der Waals surface area (Å²) in [7, 11) is 0. The lowest BCUT2D eigenvalue weighted by atomic mass is 9.89. The lowest BCUT2D eigenvalue weighted by Crippen LogP contribution is -2.49. The molecule has 27 heavy (non-hydrogen) atoms. The minimum Gasteiger partial charge on any atom is -0.389 e. The Hall–Kier alpha value is -1.88. The zero-order valence-corrected chi connectivity index (χ0v) is 16.0. The summed E-state index contributed by atoms with van der Waals surface area (Å²) in [5, 5.41) is 10.5. The first kappa shape index (κ1) is 18.5. The van der Waals surface area contributed by atoms with Crippen molar-refractivity contribution in [3.63, 3.8) is 0 Å². The summed E-state index contributed by atoms with van der Waals surface area (Å²) >= 11 is 0. The zero-order chi connectivity index (χ0) is 18.5. The molecule has 0 spiro atoms. The Morgan fingerprint density at radius 3 is 2.52 bits per heavy atom. The number of aliphatic hydroxyl groups is 1. The first-order valence-corrected chi connectivity index (χ1v) is 10.2. The average Bonchev–Trinajstić information content (AvgIpc) is 2.73. The van der Waals surface area contributed by atoms with Crippen molar-refractivity contribution in [1.29, 1.82) is 0 Å². The van der Waals surface area contributed by atoms with Gasteiger partial charge in [-0.25, -0.2) is 0 Å². The third-order valence-electron chi connectivity index (χ3n) is 5.77. The fourth-order valence-corrected chi connectivity index (χ4v) is 4.29. The molecule has 1 saturated heterocycles. The summed E-state index contributed by atoms with van der Waals surface area (Å²) in [5.41, 5.74) is 4.00. The Kier molecular flexibility index (Phi) is 6.07. The van der Waals surface area contributed by atoms with Gasteiger partial charge in [-0.05, 0) is 42.5 Å². The fraction of sp³-hybridized carbons (Fsp3) is 0.478. The number of piperazine rings is 1. The summed E-state index contributed by atoms with van der Waals surface area (Å²) in [5.74, 6) is 0. The number of ether oxygens (including phenoxy) is 1. The highest BCUT2D eigenvalue weighted by Gasteiger charge is 2.23. The number of nitrogens with zero attached hydrogens (tertiary/aromatic N) is 2. The third-order valence-corrected chi connectivity index (χ3v) is 5.77. The molecule has 1 fully saturated rings. The molecule has 2 aliphatic rings. The predicted octanol–water partition coefficient (Wildman–Crippen LogP) is 3.26. The average molecular weight is 367 g/mol. The second-order valence-corrected chi connectivity index (χ2v) is 7.69. The molecule has 0 aromatic heterocycles. The molecule has 144 valence electrons. The molecule has 4 heteroatoms. The fourth-order valence-electron chi connectivity index (χ4n) is 4.29. The van der Waals surface area contributed by atoms with Gasteiger partial charge in [0.25, 0.3) is 0 Å². The maximum Gasteiger partial charge on any atom is 0.0900 e. The van der Waals surface area contributed by atoms with Gasteiger partial charge >= 0.3 is 0 Å². The second kappa shape index (κ2) is 8.87. The smallest absolute Gasteiger partial charge is 0.0900 e. The maximum absolute atomic E-state index is 10.5. The van der Waals surface area contributed by atoms with E-state index in [0.717, 1.165) is 39.0 Å². The Morgan fingerprint density at radius 2 is 1.70 bits per heavy atom. The minimum atomic E-state index is -0.428.